The summed E-state index contributed by atoms with van der Waals surface area (Å²) in [6, 6.07) is 3.87. The van der Waals surface area contributed by atoms with Gasteiger partial charge in [-0.25, -0.2) is 0 Å². The first kappa shape index (κ1) is 9.97. The normalized spacial score (nSPS) is 15.4. The van der Waals surface area contributed by atoms with E-state index in [9.17, 15) is 0 Å². The standard InChI is InChI=1S/C9H14N6/c1-3-7(6(2)10)8-4-5-9-11-13-14-15(9)12-8/h4-7H,3,10H2,1-2H3. The summed E-state index contributed by atoms with van der Waals surface area (Å²) >= 11 is 0. The third-order valence-corrected chi connectivity index (χ3v) is 2.54. The molecular weight excluding hydrogens is 192 g/mol. The lowest BCUT2D eigenvalue weighted by Gasteiger charge is -2.17. The van der Waals surface area contributed by atoms with Crippen LogP contribution in [-0.2, 0) is 0 Å². The van der Waals surface area contributed by atoms with Crippen LogP contribution in [0.2, 0.25) is 0 Å². The predicted octanol–water partition coefficient (Wildman–Crippen LogP) is 0.360. The molecule has 0 aromatic carbocycles. The molecule has 0 spiro atoms. The Morgan fingerprint density at radius 1 is 1.47 bits per heavy atom. The molecule has 2 rings (SSSR count). The van der Waals surface area contributed by atoms with E-state index in [-0.39, 0.29) is 12.0 Å². The quantitative estimate of drug-likeness (QED) is 0.784. The van der Waals surface area contributed by atoms with Crippen LogP contribution in [-0.4, -0.2) is 31.3 Å². The lowest BCUT2D eigenvalue weighted by Crippen LogP contribution is -2.25. The van der Waals surface area contributed by atoms with Crippen molar-refractivity contribution >= 4 is 5.65 Å². The van der Waals surface area contributed by atoms with E-state index in [2.05, 4.69) is 27.5 Å². The molecule has 0 saturated carbocycles. The topological polar surface area (TPSA) is 82.0 Å². The molecule has 0 aliphatic rings. The van der Waals surface area contributed by atoms with Gasteiger partial charge in [-0.3, -0.25) is 0 Å². The molecule has 0 saturated heterocycles. The Balaban J connectivity index is 2.41. The maximum Gasteiger partial charge on any atom is 0.199 e. The van der Waals surface area contributed by atoms with Crippen LogP contribution in [0.4, 0.5) is 0 Å². The van der Waals surface area contributed by atoms with Crippen LogP contribution in [0.1, 0.15) is 31.9 Å². The smallest absolute Gasteiger partial charge is 0.199 e. The third-order valence-electron chi connectivity index (χ3n) is 2.54. The van der Waals surface area contributed by atoms with E-state index in [1.54, 1.807) is 0 Å². The summed E-state index contributed by atoms with van der Waals surface area (Å²) in [6.45, 7) is 4.08. The Bertz CT molecular complexity index is 449. The molecule has 6 nitrogen and oxygen atoms in total. The Morgan fingerprint density at radius 3 is 2.93 bits per heavy atom. The monoisotopic (exact) mass is 206 g/mol. The van der Waals surface area contributed by atoms with Crippen LogP contribution < -0.4 is 5.73 Å². The van der Waals surface area contributed by atoms with Gasteiger partial charge in [-0.05, 0) is 35.9 Å². The van der Waals surface area contributed by atoms with Crippen LogP contribution in [0.3, 0.4) is 0 Å². The van der Waals surface area contributed by atoms with E-state index in [1.807, 2.05) is 19.1 Å². The SMILES string of the molecule is CCC(c1ccc2nnnn2n1)C(C)N. The highest BCUT2D eigenvalue weighted by atomic mass is 15.6. The molecule has 2 N–H and O–H groups in total. The third kappa shape index (κ3) is 1.80. The number of hydrogen-bond donors (Lipinski definition) is 1. The molecule has 15 heavy (non-hydrogen) atoms. The molecule has 0 fully saturated rings. The molecule has 2 aromatic heterocycles. The fraction of sp³-hybridized carbons (Fsp3) is 0.556. The number of nitrogens with zero attached hydrogens (tertiary/aromatic N) is 5. The predicted molar refractivity (Wildman–Crippen MR) is 55.3 cm³/mol. The molecule has 0 bridgehead atoms. The summed E-state index contributed by atoms with van der Waals surface area (Å²) in [7, 11) is 0. The van der Waals surface area contributed by atoms with E-state index in [0.717, 1.165) is 12.1 Å². The minimum absolute atomic E-state index is 0.0800. The van der Waals surface area contributed by atoms with Crippen molar-refractivity contribution in [2.45, 2.75) is 32.2 Å². The second kappa shape index (κ2) is 3.90. The Labute approximate surface area is 87.5 Å². The molecule has 80 valence electrons. The van der Waals surface area contributed by atoms with Crippen molar-refractivity contribution in [3.05, 3.63) is 17.8 Å². The van der Waals surface area contributed by atoms with Gasteiger partial charge >= 0.3 is 0 Å². The molecule has 2 heterocycles. The maximum atomic E-state index is 5.90. The van der Waals surface area contributed by atoms with Gasteiger partial charge < -0.3 is 5.73 Å². The number of fused-ring (bicyclic) bond motifs is 1. The second-order valence-corrected chi connectivity index (χ2v) is 3.66. The van der Waals surface area contributed by atoms with E-state index >= 15 is 0 Å². The fourth-order valence-electron chi connectivity index (χ4n) is 1.71. The molecule has 2 aromatic rings. The van der Waals surface area contributed by atoms with Crippen molar-refractivity contribution in [3.8, 4) is 0 Å². The molecule has 0 amide bonds. The summed E-state index contributed by atoms with van der Waals surface area (Å²) in [5, 5.41) is 15.4. The first-order valence-electron chi connectivity index (χ1n) is 5.03. The van der Waals surface area contributed by atoms with Crippen LogP contribution in [0.5, 0.6) is 0 Å². The lowest BCUT2D eigenvalue weighted by atomic mass is 9.95. The number of tetrazole rings is 1. The van der Waals surface area contributed by atoms with Crippen LogP contribution in [0, 0.1) is 0 Å². The Morgan fingerprint density at radius 2 is 2.27 bits per heavy atom. The van der Waals surface area contributed by atoms with Crippen LogP contribution in [0.15, 0.2) is 12.1 Å². The van der Waals surface area contributed by atoms with E-state index in [4.69, 9.17) is 5.73 Å². The Kier molecular flexibility index (Phi) is 2.59. The van der Waals surface area contributed by atoms with Gasteiger partial charge in [0.25, 0.3) is 0 Å². The van der Waals surface area contributed by atoms with Gasteiger partial charge in [0.2, 0.25) is 0 Å². The van der Waals surface area contributed by atoms with Crippen molar-refractivity contribution in [1.29, 1.82) is 0 Å². The average molecular weight is 206 g/mol. The van der Waals surface area contributed by atoms with Crippen molar-refractivity contribution in [1.82, 2.24) is 25.3 Å². The molecule has 2 unspecified atom stereocenters. The summed E-state index contributed by atoms with van der Waals surface area (Å²) in [5.41, 5.74) is 7.49. The summed E-state index contributed by atoms with van der Waals surface area (Å²) in [4.78, 5) is 0. The summed E-state index contributed by atoms with van der Waals surface area (Å²) < 4.78 is 1.43. The van der Waals surface area contributed by atoms with Crippen molar-refractivity contribution in [2.75, 3.05) is 0 Å². The van der Waals surface area contributed by atoms with Gasteiger partial charge in [0.15, 0.2) is 5.65 Å². The average Bonchev–Trinajstić information content (AvgIpc) is 2.65. The number of aromatic nitrogens is 5. The summed E-state index contributed by atoms with van der Waals surface area (Å²) in [5.74, 6) is 0.249. The molecule has 6 heteroatoms. The van der Waals surface area contributed by atoms with Gasteiger partial charge in [0, 0.05) is 12.0 Å². The molecule has 0 aliphatic carbocycles. The minimum atomic E-state index is 0.0800. The van der Waals surface area contributed by atoms with E-state index in [0.29, 0.717) is 5.65 Å². The molecular formula is C9H14N6. The van der Waals surface area contributed by atoms with Crippen molar-refractivity contribution in [2.24, 2.45) is 5.73 Å². The lowest BCUT2D eigenvalue weighted by molar-refractivity contribution is 0.525. The van der Waals surface area contributed by atoms with E-state index < -0.39 is 0 Å². The summed E-state index contributed by atoms with van der Waals surface area (Å²) in [6.07, 6.45) is 0.957. The highest BCUT2D eigenvalue weighted by molar-refractivity contribution is 5.33. The number of hydrogen-bond acceptors (Lipinski definition) is 5. The van der Waals surface area contributed by atoms with Crippen LogP contribution in [0.25, 0.3) is 5.65 Å². The molecule has 2 atom stereocenters. The van der Waals surface area contributed by atoms with Crippen LogP contribution >= 0.6 is 0 Å². The first-order valence-corrected chi connectivity index (χ1v) is 5.03. The molecule has 0 radical (unpaired) electrons. The minimum Gasteiger partial charge on any atom is -0.327 e. The van der Waals surface area contributed by atoms with Crippen molar-refractivity contribution < 1.29 is 0 Å². The zero-order valence-electron chi connectivity index (χ0n) is 8.83. The van der Waals surface area contributed by atoms with Gasteiger partial charge in [-0.2, -0.15) is 5.10 Å². The highest BCUT2D eigenvalue weighted by Crippen LogP contribution is 2.19. The zero-order valence-corrected chi connectivity index (χ0v) is 8.83. The van der Waals surface area contributed by atoms with E-state index in [1.165, 1.54) is 4.63 Å². The van der Waals surface area contributed by atoms with Gasteiger partial charge in [0.1, 0.15) is 0 Å². The number of rotatable bonds is 3. The van der Waals surface area contributed by atoms with Crippen molar-refractivity contribution in [3.63, 3.8) is 0 Å². The second-order valence-electron chi connectivity index (χ2n) is 3.66. The highest BCUT2D eigenvalue weighted by Gasteiger charge is 2.16. The number of nitrogens with two attached hydrogens (primary N) is 1. The maximum absolute atomic E-state index is 5.90. The van der Waals surface area contributed by atoms with Gasteiger partial charge in [-0.15, -0.1) is 9.73 Å². The van der Waals surface area contributed by atoms with Gasteiger partial charge in [-0.1, -0.05) is 6.92 Å². The Hall–Kier alpha value is -1.56. The fourth-order valence-corrected chi connectivity index (χ4v) is 1.71. The largest absolute Gasteiger partial charge is 0.327 e. The first-order chi connectivity index (χ1) is 7.22. The molecule has 0 aliphatic heterocycles. The zero-order chi connectivity index (χ0) is 10.8. The van der Waals surface area contributed by atoms with Gasteiger partial charge in [0.05, 0.1) is 5.69 Å².